The quantitative estimate of drug-likeness (QED) is 0.843. The fourth-order valence-electron chi connectivity index (χ4n) is 1.50. The standard InChI is InChI=1S/C12H11BrFNO2S2/c1-19(16,17)10-2-3-11(14)12(5-10)15-6-9-4-8(13)7-18-9/h2-5,7,15H,6H2,1H3. The maximum absolute atomic E-state index is 13.6. The molecular formula is C12H11BrFNO2S2. The van der Waals surface area contributed by atoms with Gasteiger partial charge < -0.3 is 5.32 Å². The van der Waals surface area contributed by atoms with Gasteiger partial charge in [-0.05, 0) is 40.2 Å². The van der Waals surface area contributed by atoms with Gasteiger partial charge in [0.15, 0.2) is 9.84 Å². The van der Waals surface area contributed by atoms with E-state index in [4.69, 9.17) is 0 Å². The summed E-state index contributed by atoms with van der Waals surface area (Å²) in [6.07, 6.45) is 1.10. The van der Waals surface area contributed by atoms with Crippen molar-refractivity contribution in [2.24, 2.45) is 0 Å². The number of anilines is 1. The number of hydrogen-bond acceptors (Lipinski definition) is 4. The Morgan fingerprint density at radius 2 is 2.11 bits per heavy atom. The third kappa shape index (κ3) is 3.77. The van der Waals surface area contributed by atoms with Crippen LogP contribution >= 0.6 is 27.3 Å². The number of nitrogens with one attached hydrogen (secondary N) is 1. The normalized spacial score (nSPS) is 11.5. The van der Waals surface area contributed by atoms with Crippen LogP contribution in [0, 0.1) is 5.82 Å². The van der Waals surface area contributed by atoms with Gasteiger partial charge in [0.05, 0.1) is 10.6 Å². The summed E-state index contributed by atoms with van der Waals surface area (Å²) in [6.45, 7) is 0.445. The predicted octanol–water partition coefficient (Wildman–Crippen LogP) is 3.67. The van der Waals surface area contributed by atoms with Gasteiger partial charge in [-0.1, -0.05) is 0 Å². The summed E-state index contributed by atoms with van der Waals surface area (Å²) < 4.78 is 37.4. The average molecular weight is 364 g/mol. The minimum Gasteiger partial charge on any atom is -0.378 e. The molecule has 0 atom stereocenters. The second-order valence-electron chi connectivity index (χ2n) is 4.00. The Balaban J connectivity index is 2.20. The van der Waals surface area contributed by atoms with Crippen molar-refractivity contribution in [3.63, 3.8) is 0 Å². The zero-order chi connectivity index (χ0) is 14.0. The van der Waals surface area contributed by atoms with Crippen LogP contribution in [0.2, 0.25) is 0 Å². The van der Waals surface area contributed by atoms with E-state index in [1.807, 2.05) is 11.4 Å². The van der Waals surface area contributed by atoms with Crippen LogP contribution in [0.15, 0.2) is 39.0 Å². The van der Waals surface area contributed by atoms with Crippen LogP contribution in [0.3, 0.4) is 0 Å². The Morgan fingerprint density at radius 3 is 2.68 bits per heavy atom. The molecule has 19 heavy (non-hydrogen) atoms. The van der Waals surface area contributed by atoms with Crippen LogP contribution in [0.1, 0.15) is 4.88 Å². The molecule has 0 radical (unpaired) electrons. The molecule has 2 rings (SSSR count). The number of thiophene rings is 1. The Labute approximate surface area is 123 Å². The van der Waals surface area contributed by atoms with Crippen molar-refractivity contribution in [3.8, 4) is 0 Å². The maximum atomic E-state index is 13.6. The van der Waals surface area contributed by atoms with Gasteiger partial charge in [-0.3, -0.25) is 0 Å². The van der Waals surface area contributed by atoms with Gasteiger partial charge in [0.25, 0.3) is 0 Å². The molecule has 0 fully saturated rings. The van der Waals surface area contributed by atoms with Gasteiger partial charge in [-0.2, -0.15) is 0 Å². The molecule has 0 aliphatic rings. The van der Waals surface area contributed by atoms with E-state index in [0.29, 0.717) is 6.54 Å². The first-order valence-corrected chi connectivity index (χ1v) is 8.89. The molecule has 0 amide bonds. The minimum absolute atomic E-state index is 0.101. The maximum Gasteiger partial charge on any atom is 0.175 e. The van der Waals surface area contributed by atoms with Crippen LogP contribution in [-0.4, -0.2) is 14.7 Å². The molecule has 0 unspecified atom stereocenters. The van der Waals surface area contributed by atoms with E-state index >= 15 is 0 Å². The summed E-state index contributed by atoms with van der Waals surface area (Å²) >= 11 is 4.87. The molecule has 0 saturated carbocycles. The molecule has 1 heterocycles. The monoisotopic (exact) mass is 363 g/mol. The topological polar surface area (TPSA) is 46.2 Å². The van der Waals surface area contributed by atoms with E-state index in [2.05, 4.69) is 21.2 Å². The number of halogens is 2. The molecular weight excluding hydrogens is 353 g/mol. The van der Waals surface area contributed by atoms with Gasteiger partial charge in [0.1, 0.15) is 5.82 Å². The molecule has 0 bridgehead atoms. The highest BCUT2D eigenvalue weighted by molar-refractivity contribution is 9.10. The molecule has 102 valence electrons. The first-order chi connectivity index (χ1) is 8.86. The lowest BCUT2D eigenvalue weighted by Crippen LogP contribution is -2.03. The summed E-state index contributed by atoms with van der Waals surface area (Å²) in [5, 5.41) is 4.84. The van der Waals surface area contributed by atoms with Crippen molar-refractivity contribution >= 4 is 42.8 Å². The number of hydrogen-bond donors (Lipinski definition) is 1. The van der Waals surface area contributed by atoms with Crippen molar-refractivity contribution in [3.05, 3.63) is 44.8 Å². The zero-order valence-corrected chi connectivity index (χ0v) is 13.2. The van der Waals surface area contributed by atoms with Crippen molar-refractivity contribution in [1.29, 1.82) is 0 Å². The van der Waals surface area contributed by atoms with Crippen LogP contribution in [0.4, 0.5) is 10.1 Å². The van der Waals surface area contributed by atoms with E-state index in [1.165, 1.54) is 23.5 Å². The van der Waals surface area contributed by atoms with Crippen molar-refractivity contribution in [2.75, 3.05) is 11.6 Å². The molecule has 2 aromatic rings. The Kier molecular flexibility index (Phi) is 4.27. The highest BCUT2D eigenvalue weighted by Crippen LogP contribution is 2.23. The van der Waals surface area contributed by atoms with E-state index < -0.39 is 15.7 Å². The summed E-state index contributed by atoms with van der Waals surface area (Å²) in [5.74, 6) is -0.469. The minimum atomic E-state index is -3.33. The van der Waals surface area contributed by atoms with Gasteiger partial charge in [0, 0.05) is 27.5 Å². The summed E-state index contributed by atoms with van der Waals surface area (Å²) in [4.78, 5) is 1.12. The summed E-state index contributed by atoms with van der Waals surface area (Å²) in [5.41, 5.74) is 0.187. The third-order valence-corrected chi connectivity index (χ3v) is 5.25. The second kappa shape index (κ2) is 5.60. The van der Waals surface area contributed by atoms with E-state index in [9.17, 15) is 12.8 Å². The molecule has 1 aromatic carbocycles. The average Bonchev–Trinajstić information content (AvgIpc) is 2.72. The highest BCUT2D eigenvalue weighted by atomic mass is 79.9. The van der Waals surface area contributed by atoms with E-state index in [1.54, 1.807) is 0 Å². The number of sulfone groups is 1. The Morgan fingerprint density at radius 1 is 1.37 bits per heavy atom. The van der Waals surface area contributed by atoms with Crippen molar-refractivity contribution < 1.29 is 12.8 Å². The van der Waals surface area contributed by atoms with Crippen molar-refractivity contribution in [2.45, 2.75) is 11.4 Å². The number of rotatable bonds is 4. The first-order valence-electron chi connectivity index (χ1n) is 5.32. The first kappa shape index (κ1) is 14.5. The second-order valence-corrected chi connectivity index (χ2v) is 7.93. The zero-order valence-electron chi connectivity index (χ0n) is 9.98. The van der Waals surface area contributed by atoms with Crippen LogP contribution < -0.4 is 5.32 Å². The molecule has 0 spiro atoms. The lowest BCUT2D eigenvalue weighted by atomic mass is 10.3. The van der Waals surface area contributed by atoms with E-state index in [-0.39, 0.29) is 10.6 Å². The molecule has 1 N–H and O–H groups in total. The van der Waals surface area contributed by atoms with Crippen LogP contribution in [0.25, 0.3) is 0 Å². The lowest BCUT2D eigenvalue weighted by molar-refractivity contribution is 0.600. The molecule has 1 aromatic heterocycles. The summed E-state index contributed by atoms with van der Waals surface area (Å²) in [7, 11) is -3.33. The Bertz CT molecular complexity index is 698. The van der Waals surface area contributed by atoms with Crippen LogP contribution in [-0.2, 0) is 16.4 Å². The fourth-order valence-corrected chi connectivity index (χ4v) is 3.54. The van der Waals surface area contributed by atoms with Gasteiger partial charge in [-0.15, -0.1) is 11.3 Å². The van der Waals surface area contributed by atoms with E-state index in [0.717, 1.165) is 21.7 Å². The Hall–Kier alpha value is -0.920. The van der Waals surface area contributed by atoms with Gasteiger partial charge in [-0.25, -0.2) is 12.8 Å². The largest absolute Gasteiger partial charge is 0.378 e. The van der Waals surface area contributed by atoms with Gasteiger partial charge in [0.2, 0.25) is 0 Å². The third-order valence-electron chi connectivity index (χ3n) is 2.44. The number of benzene rings is 1. The lowest BCUT2D eigenvalue weighted by Gasteiger charge is -2.08. The molecule has 0 saturated heterocycles. The van der Waals surface area contributed by atoms with Crippen LogP contribution in [0.5, 0.6) is 0 Å². The predicted molar refractivity (Wildman–Crippen MR) is 78.9 cm³/mol. The molecule has 3 nitrogen and oxygen atoms in total. The molecule has 7 heteroatoms. The fraction of sp³-hybridized carbons (Fsp3) is 0.167. The molecule has 0 aliphatic heterocycles. The summed E-state index contributed by atoms with van der Waals surface area (Å²) in [6, 6.07) is 5.66. The SMILES string of the molecule is CS(=O)(=O)c1ccc(F)c(NCc2cc(Br)cs2)c1. The molecule has 0 aliphatic carbocycles. The highest BCUT2D eigenvalue weighted by Gasteiger charge is 2.11. The van der Waals surface area contributed by atoms with Crippen molar-refractivity contribution in [1.82, 2.24) is 0 Å². The smallest absolute Gasteiger partial charge is 0.175 e. The van der Waals surface area contributed by atoms with Gasteiger partial charge >= 0.3 is 0 Å².